The molecule has 0 bridgehead atoms. The molecule has 0 N–H and O–H groups in total. The summed E-state index contributed by atoms with van der Waals surface area (Å²) in [6.45, 7) is 0. The zero-order valence-electron chi connectivity index (χ0n) is 7.98. The second-order valence-corrected chi connectivity index (χ2v) is 3.69. The summed E-state index contributed by atoms with van der Waals surface area (Å²) in [6, 6.07) is 6.88. The van der Waals surface area contributed by atoms with Crippen molar-refractivity contribution >= 4 is 11.6 Å². The predicted octanol–water partition coefficient (Wildman–Crippen LogP) is 4.42. The van der Waals surface area contributed by atoms with Gasteiger partial charge in [0, 0.05) is 5.02 Å². The molecule has 2 rings (SSSR count). The Kier molecular flexibility index (Phi) is 2.88. The van der Waals surface area contributed by atoms with E-state index in [9.17, 15) is 13.2 Å². The molecule has 0 aliphatic carbocycles. The topological polar surface area (TPSA) is 0 Å². The van der Waals surface area contributed by atoms with Gasteiger partial charge in [0.15, 0.2) is 0 Å². The molecule has 0 amide bonds. The normalized spacial score (nSPS) is 10.5. The maximum atomic E-state index is 13.4. The first-order chi connectivity index (χ1) is 7.58. The molecular weight excluding hydrogens is 237 g/mol. The van der Waals surface area contributed by atoms with Gasteiger partial charge in [0.2, 0.25) is 0 Å². The highest BCUT2D eigenvalue weighted by molar-refractivity contribution is 6.30. The van der Waals surface area contributed by atoms with Gasteiger partial charge in [-0.2, -0.15) is 0 Å². The van der Waals surface area contributed by atoms with E-state index < -0.39 is 17.5 Å². The van der Waals surface area contributed by atoms with Gasteiger partial charge in [-0.3, -0.25) is 0 Å². The molecule has 0 nitrogen and oxygen atoms in total. The van der Waals surface area contributed by atoms with E-state index in [1.54, 1.807) is 0 Å². The highest BCUT2D eigenvalue weighted by Crippen LogP contribution is 2.28. The van der Waals surface area contributed by atoms with E-state index in [2.05, 4.69) is 0 Å². The van der Waals surface area contributed by atoms with E-state index in [1.807, 2.05) is 0 Å². The minimum atomic E-state index is -0.748. The van der Waals surface area contributed by atoms with Crippen LogP contribution in [0.2, 0.25) is 5.02 Å². The van der Waals surface area contributed by atoms with Crippen LogP contribution in [0.1, 0.15) is 0 Å². The lowest BCUT2D eigenvalue weighted by atomic mass is 10.0. The van der Waals surface area contributed by atoms with Crippen molar-refractivity contribution in [2.45, 2.75) is 0 Å². The number of benzene rings is 2. The Bertz CT molecular complexity index is 497. The predicted molar refractivity (Wildman–Crippen MR) is 56.8 cm³/mol. The molecule has 0 aromatic heterocycles. The van der Waals surface area contributed by atoms with Crippen LogP contribution >= 0.6 is 11.6 Å². The monoisotopic (exact) mass is 242 g/mol. The van der Waals surface area contributed by atoms with Crippen molar-refractivity contribution in [1.29, 1.82) is 0 Å². The maximum Gasteiger partial charge on any atom is 0.133 e. The fourth-order valence-corrected chi connectivity index (χ4v) is 1.69. The van der Waals surface area contributed by atoms with Gasteiger partial charge in [0.25, 0.3) is 0 Å². The molecule has 0 atom stereocenters. The van der Waals surface area contributed by atoms with Crippen LogP contribution in [0.4, 0.5) is 13.2 Å². The minimum Gasteiger partial charge on any atom is -0.207 e. The largest absolute Gasteiger partial charge is 0.207 e. The first kappa shape index (κ1) is 11.0. The number of hydrogen-bond acceptors (Lipinski definition) is 0. The van der Waals surface area contributed by atoms with E-state index in [1.165, 1.54) is 12.1 Å². The lowest BCUT2D eigenvalue weighted by Crippen LogP contribution is -1.90. The molecule has 0 aliphatic heterocycles. The molecule has 0 saturated carbocycles. The second kappa shape index (κ2) is 4.18. The highest BCUT2D eigenvalue weighted by Gasteiger charge is 2.12. The van der Waals surface area contributed by atoms with E-state index in [-0.39, 0.29) is 16.1 Å². The Hall–Kier alpha value is -1.48. The van der Waals surface area contributed by atoms with Crippen molar-refractivity contribution in [3.05, 3.63) is 58.9 Å². The standard InChI is InChI=1S/C12H6ClF3/c13-8-4-7(5-9(14)6-8)12-10(15)2-1-3-11(12)16/h1-6H. The molecule has 0 spiro atoms. The molecule has 0 heterocycles. The van der Waals surface area contributed by atoms with E-state index >= 15 is 0 Å². The molecule has 2 aromatic carbocycles. The average molecular weight is 243 g/mol. The van der Waals surface area contributed by atoms with Gasteiger partial charge >= 0.3 is 0 Å². The summed E-state index contributed by atoms with van der Waals surface area (Å²) in [6.07, 6.45) is 0. The summed E-state index contributed by atoms with van der Waals surface area (Å²) in [5, 5.41) is 0.0950. The van der Waals surface area contributed by atoms with Gasteiger partial charge in [-0.1, -0.05) is 17.7 Å². The summed E-state index contributed by atoms with van der Waals surface area (Å²) < 4.78 is 39.8. The molecule has 0 radical (unpaired) electrons. The molecule has 0 fully saturated rings. The van der Waals surface area contributed by atoms with Crippen LogP contribution in [-0.2, 0) is 0 Å². The Morgan fingerprint density at radius 1 is 0.875 bits per heavy atom. The lowest BCUT2D eigenvalue weighted by Gasteiger charge is -2.05. The minimum absolute atomic E-state index is 0.0839. The third kappa shape index (κ3) is 2.04. The van der Waals surface area contributed by atoms with Crippen molar-refractivity contribution in [3.63, 3.8) is 0 Å². The van der Waals surface area contributed by atoms with Gasteiger partial charge in [0.05, 0.1) is 5.56 Å². The zero-order valence-corrected chi connectivity index (χ0v) is 8.73. The third-order valence-corrected chi connectivity index (χ3v) is 2.33. The SMILES string of the molecule is Fc1cc(Cl)cc(-c2c(F)cccc2F)c1. The molecule has 0 unspecified atom stereocenters. The summed E-state index contributed by atoms with van der Waals surface area (Å²) in [7, 11) is 0. The van der Waals surface area contributed by atoms with E-state index in [0.717, 1.165) is 24.3 Å². The fourth-order valence-electron chi connectivity index (χ4n) is 1.47. The molecule has 82 valence electrons. The van der Waals surface area contributed by atoms with Crippen LogP contribution < -0.4 is 0 Å². The van der Waals surface area contributed by atoms with Gasteiger partial charge in [-0.05, 0) is 35.9 Å². The molecule has 0 saturated heterocycles. The Balaban J connectivity index is 2.67. The van der Waals surface area contributed by atoms with Crippen molar-refractivity contribution in [2.75, 3.05) is 0 Å². The van der Waals surface area contributed by atoms with Crippen LogP contribution in [0.25, 0.3) is 11.1 Å². The fraction of sp³-hybridized carbons (Fsp3) is 0. The lowest BCUT2D eigenvalue weighted by molar-refractivity contribution is 0.588. The van der Waals surface area contributed by atoms with Crippen molar-refractivity contribution < 1.29 is 13.2 Å². The van der Waals surface area contributed by atoms with Crippen LogP contribution in [-0.4, -0.2) is 0 Å². The van der Waals surface area contributed by atoms with Crippen molar-refractivity contribution in [2.24, 2.45) is 0 Å². The first-order valence-corrected chi connectivity index (χ1v) is 4.86. The van der Waals surface area contributed by atoms with Crippen LogP contribution in [0.15, 0.2) is 36.4 Å². The number of rotatable bonds is 1. The van der Waals surface area contributed by atoms with Gasteiger partial charge in [0.1, 0.15) is 17.5 Å². The van der Waals surface area contributed by atoms with Crippen molar-refractivity contribution in [3.8, 4) is 11.1 Å². The van der Waals surface area contributed by atoms with Gasteiger partial charge in [-0.25, -0.2) is 13.2 Å². The van der Waals surface area contributed by atoms with Gasteiger partial charge in [-0.15, -0.1) is 0 Å². The number of halogens is 4. The van der Waals surface area contributed by atoms with Crippen LogP contribution in [0.3, 0.4) is 0 Å². The van der Waals surface area contributed by atoms with Gasteiger partial charge < -0.3 is 0 Å². The average Bonchev–Trinajstić information content (AvgIpc) is 2.15. The van der Waals surface area contributed by atoms with E-state index in [0.29, 0.717) is 0 Å². The summed E-state index contributed by atoms with van der Waals surface area (Å²) >= 11 is 5.62. The maximum absolute atomic E-state index is 13.4. The third-order valence-electron chi connectivity index (χ3n) is 2.11. The van der Waals surface area contributed by atoms with Crippen molar-refractivity contribution in [1.82, 2.24) is 0 Å². The quantitative estimate of drug-likeness (QED) is 0.694. The number of hydrogen-bond donors (Lipinski definition) is 0. The van der Waals surface area contributed by atoms with E-state index in [4.69, 9.17) is 11.6 Å². The zero-order chi connectivity index (χ0) is 11.7. The molecule has 0 aliphatic rings. The molecule has 16 heavy (non-hydrogen) atoms. The first-order valence-electron chi connectivity index (χ1n) is 4.48. The Morgan fingerprint density at radius 2 is 1.50 bits per heavy atom. The summed E-state index contributed by atoms with van der Waals surface area (Å²) in [5.41, 5.74) is -0.190. The molecule has 2 aromatic rings. The highest BCUT2D eigenvalue weighted by atomic mass is 35.5. The second-order valence-electron chi connectivity index (χ2n) is 3.25. The molecular formula is C12H6ClF3. The smallest absolute Gasteiger partial charge is 0.133 e. The van der Waals surface area contributed by atoms with Crippen LogP contribution in [0, 0.1) is 17.5 Å². The summed E-state index contributed by atoms with van der Waals surface area (Å²) in [5.74, 6) is -2.13. The Labute approximate surface area is 95.3 Å². The summed E-state index contributed by atoms with van der Waals surface area (Å²) in [4.78, 5) is 0. The Morgan fingerprint density at radius 3 is 2.06 bits per heavy atom. The van der Waals surface area contributed by atoms with Crippen LogP contribution in [0.5, 0.6) is 0 Å². The molecule has 4 heteroatoms.